The predicted molar refractivity (Wildman–Crippen MR) is 126 cm³/mol. The SMILES string of the molecule is COc1ccc(C(=O)N2CCN(c3ccccc3O)CC2)cc1S(=O)(=O)N1CCCC[C@H]1C. The molecule has 2 aromatic rings. The van der Waals surface area contributed by atoms with Crippen molar-refractivity contribution in [2.24, 2.45) is 0 Å². The van der Waals surface area contributed by atoms with Crippen molar-refractivity contribution in [3.63, 3.8) is 0 Å². The molecule has 2 aliphatic rings. The smallest absolute Gasteiger partial charge is 0.254 e. The van der Waals surface area contributed by atoms with E-state index in [4.69, 9.17) is 4.74 Å². The Kier molecular flexibility index (Phi) is 6.81. The lowest BCUT2D eigenvalue weighted by Gasteiger charge is -2.36. The summed E-state index contributed by atoms with van der Waals surface area (Å²) in [5, 5.41) is 10.1. The molecule has 4 rings (SSSR count). The summed E-state index contributed by atoms with van der Waals surface area (Å²) in [6.07, 6.45) is 2.66. The Morgan fingerprint density at radius 3 is 2.42 bits per heavy atom. The molecule has 178 valence electrons. The molecular weight excluding hydrogens is 442 g/mol. The molecular formula is C24H31N3O5S. The summed E-state index contributed by atoms with van der Waals surface area (Å²) in [6.45, 7) is 4.50. The van der Waals surface area contributed by atoms with Gasteiger partial charge in [-0.15, -0.1) is 0 Å². The lowest BCUT2D eigenvalue weighted by Crippen LogP contribution is -2.48. The number of carbonyl (C=O) groups excluding carboxylic acids is 1. The van der Waals surface area contributed by atoms with Crippen molar-refractivity contribution in [2.45, 2.75) is 37.1 Å². The standard InChI is InChI=1S/C24H31N3O5S/c1-18-7-5-6-12-27(18)33(30,31)23-17-19(10-11-22(23)32-2)24(29)26-15-13-25(14-16-26)20-8-3-4-9-21(20)28/h3-4,8-11,17-18,28H,5-7,12-16H2,1-2H3/t18-/m1/s1. The molecule has 1 N–H and O–H groups in total. The van der Waals surface area contributed by atoms with Gasteiger partial charge in [0.2, 0.25) is 10.0 Å². The fourth-order valence-electron chi connectivity index (χ4n) is 4.63. The summed E-state index contributed by atoms with van der Waals surface area (Å²) in [6, 6.07) is 11.7. The van der Waals surface area contributed by atoms with Crippen LogP contribution in [0, 0.1) is 0 Å². The van der Waals surface area contributed by atoms with Crippen LogP contribution in [0.5, 0.6) is 11.5 Å². The van der Waals surface area contributed by atoms with E-state index in [9.17, 15) is 18.3 Å². The molecule has 0 unspecified atom stereocenters. The van der Waals surface area contributed by atoms with Crippen LogP contribution in [-0.4, -0.2) is 74.5 Å². The van der Waals surface area contributed by atoms with Crippen LogP contribution < -0.4 is 9.64 Å². The van der Waals surface area contributed by atoms with E-state index in [2.05, 4.69) is 0 Å². The number of anilines is 1. The number of phenols is 1. The van der Waals surface area contributed by atoms with E-state index in [-0.39, 0.29) is 28.3 Å². The fourth-order valence-corrected chi connectivity index (χ4v) is 6.51. The summed E-state index contributed by atoms with van der Waals surface area (Å²) < 4.78 is 33.8. The van der Waals surface area contributed by atoms with Crippen LogP contribution in [0.3, 0.4) is 0 Å². The van der Waals surface area contributed by atoms with Gasteiger partial charge in [0, 0.05) is 44.3 Å². The second-order valence-electron chi connectivity index (χ2n) is 8.59. The number of carbonyl (C=O) groups is 1. The Bertz CT molecular complexity index is 1110. The van der Waals surface area contributed by atoms with Gasteiger partial charge in [0.15, 0.2) is 0 Å². The van der Waals surface area contributed by atoms with Gasteiger partial charge in [0.25, 0.3) is 5.91 Å². The number of methoxy groups -OCH3 is 1. The first-order valence-electron chi connectivity index (χ1n) is 11.3. The van der Waals surface area contributed by atoms with E-state index in [1.54, 1.807) is 29.2 Å². The number of hydrogen-bond donors (Lipinski definition) is 1. The van der Waals surface area contributed by atoms with Crippen LogP contribution in [0.2, 0.25) is 0 Å². The highest BCUT2D eigenvalue weighted by atomic mass is 32.2. The van der Waals surface area contributed by atoms with Crippen LogP contribution >= 0.6 is 0 Å². The molecule has 0 saturated carbocycles. The van der Waals surface area contributed by atoms with Crippen molar-refractivity contribution in [3.8, 4) is 11.5 Å². The van der Waals surface area contributed by atoms with E-state index in [0.29, 0.717) is 38.3 Å². The zero-order chi connectivity index (χ0) is 23.6. The van der Waals surface area contributed by atoms with Gasteiger partial charge in [-0.3, -0.25) is 4.79 Å². The summed E-state index contributed by atoms with van der Waals surface area (Å²) >= 11 is 0. The van der Waals surface area contributed by atoms with Crippen molar-refractivity contribution < 1.29 is 23.1 Å². The van der Waals surface area contributed by atoms with E-state index >= 15 is 0 Å². The molecule has 0 aliphatic carbocycles. The number of hydrogen-bond acceptors (Lipinski definition) is 6. The van der Waals surface area contributed by atoms with E-state index in [1.807, 2.05) is 24.0 Å². The van der Waals surface area contributed by atoms with Gasteiger partial charge in [-0.25, -0.2) is 8.42 Å². The number of sulfonamides is 1. The highest BCUT2D eigenvalue weighted by Gasteiger charge is 2.34. The van der Waals surface area contributed by atoms with Crippen LogP contribution in [0.15, 0.2) is 47.4 Å². The first-order valence-corrected chi connectivity index (χ1v) is 12.8. The quantitative estimate of drug-likeness (QED) is 0.718. The Balaban J connectivity index is 1.54. The fraction of sp³-hybridized carbons (Fsp3) is 0.458. The molecule has 0 aromatic heterocycles. The van der Waals surface area contributed by atoms with Crippen LogP contribution in [-0.2, 0) is 10.0 Å². The molecule has 2 aromatic carbocycles. The summed E-state index contributed by atoms with van der Waals surface area (Å²) in [4.78, 5) is 17.0. The number of phenolic OH excluding ortho intramolecular Hbond substituents is 1. The minimum absolute atomic E-state index is 0.0393. The Hall–Kier alpha value is -2.78. The maximum absolute atomic E-state index is 13.5. The van der Waals surface area contributed by atoms with Crippen LogP contribution in [0.25, 0.3) is 0 Å². The van der Waals surface area contributed by atoms with Gasteiger partial charge < -0.3 is 19.6 Å². The maximum atomic E-state index is 13.5. The number of nitrogens with zero attached hydrogens (tertiary/aromatic N) is 3. The molecule has 1 amide bonds. The normalized spacial score (nSPS) is 20.0. The van der Waals surface area contributed by atoms with Gasteiger partial charge >= 0.3 is 0 Å². The Labute approximate surface area is 195 Å². The second kappa shape index (κ2) is 9.61. The zero-order valence-corrected chi connectivity index (χ0v) is 19.9. The molecule has 0 radical (unpaired) electrons. The van der Waals surface area contributed by atoms with Crippen molar-refractivity contribution in [1.29, 1.82) is 0 Å². The van der Waals surface area contributed by atoms with Gasteiger partial charge in [-0.1, -0.05) is 18.6 Å². The molecule has 2 aliphatic heterocycles. The number of piperidine rings is 1. The number of benzene rings is 2. The average Bonchev–Trinajstić information content (AvgIpc) is 2.84. The monoisotopic (exact) mass is 473 g/mol. The lowest BCUT2D eigenvalue weighted by molar-refractivity contribution is 0.0746. The molecule has 33 heavy (non-hydrogen) atoms. The molecule has 2 saturated heterocycles. The first-order chi connectivity index (χ1) is 15.8. The minimum atomic E-state index is -3.79. The largest absolute Gasteiger partial charge is 0.506 e. The number of amides is 1. The summed E-state index contributed by atoms with van der Waals surface area (Å²) in [7, 11) is -2.35. The van der Waals surface area contributed by atoms with Gasteiger partial charge in [-0.2, -0.15) is 4.31 Å². The van der Waals surface area contributed by atoms with E-state index in [1.165, 1.54) is 17.5 Å². The molecule has 0 spiro atoms. The Morgan fingerprint density at radius 1 is 1.03 bits per heavy atom. The lowest BCUT2D eigenvalue weighted by atomic mass is 10.1. The molecule has 8 nitrogen and oxygen atoms in total. The van der Waals surface area contributed by atoms with Crippen molar-refractivity contribution in [2.75, 3.05) is 44.7 Å². The molecule has 0 bridgehead atoms. The number of piperazine rings is 1. The Morgan fingerprint density at radius 2 is 1.76 bits per heavy atom. The maximum Gasteiger partial charge on any atom is 0.254 e. The minimum Gasteiger partial charge on any atom is -0.506 e. The number of rotatable bonds is 5. The van der Waals surface area contributed by atoms with Gasteiger partial charge in [-0.05, 0) is 50.1 Å². The second-order valence-corrected chi connectivity index (χ2v) is 10.5. The third-order valence-corrected chi connectivity index (χ3v) is 8.56. The number of aromatic hydroxyl groups is 1. The van der Waals surface area contributed by atoms with E-state index < -0.39 is 10.0 Å². The topological polar surface area (TPSA) is 90.4 Å². The third kappa shape index (κ3) is 4.65. The predicted octanol–water partition coefficient (Wildman–Crippen LogP) is 2.93. The van der Waals surface area contributed by atoms with Crippen molar-refractivity contribution in [1.82, 2.24) is 9.21 Å². The molecule has 9 heteroatoms. The van der Waals surface area contributed by atoms with Crippen molar-refractivity contribution >= 4 is 21.6 Å². The van der Waals surface area contributed by atoms with Crippen LogP contribution in [0.4, 0.5) is 5.69 Å². The third-order valence-electron chi connectivity index (χ3n) is 6.53. The first kappa shape index (κ1) is 23.4. The average molecular weight is 474 g/mol. The van der Waals surface area contributed by atoms with Crippen molar-refractivity contribution in [3.05, 3.63) is 48.0 Å². The number of para-hydroxylation sites is 2. The highest BCUT2D eigenvalue weighted by molar-refractivity contribution is 7.89. The van der Waals surface area contributed by atoms with Gasteiger partial charge in [0.1, 0.15) is 16.4 Å². The summed E-state index contributed by atoms with van der Waals surface area (Å²) in [5.74, 6) is 0.251. The van der Waals surface area contributed by atoms with E-state index in [0.717, 1.165) is 24.9 Å². The van der Waals surface area contributed by atoms with Gasteiger partial charge in [0.05, 0.1) is 12.8 Å². The molecule has 2 heterocycles. The zero-order valence-electron chi connectivity index (χ0n) is 19.1. The van der Waals surface area contributed by atoms with Crippen LogP contribution in [0.1, 0.15) is 36.5 Å². The number of ether oxygens (including phenoxy) is 1. The molecule has 1 atom stereocenters. The highest BCUT2D eigenvalue weighted by Crippen LogP contribution is 2.32. The summed E-state index contributed by atoms with van der Waals surface area (Å²) in [5.41, 5.74) is 1.08. The molecule has 2 fully saturated rings.